The number of carbonyl (C=O) groups is 1. The van der Waals surface area contributed by atoms with Gasteiger partial charge >= 0.3 is 0 Å². The van der Waals surface area contributed by atoms with E-state index in [1.54, 1.807) is 0 Å². The number of carbonyl (C=O) groups excluding carboxylic acids is 1. The number of hydroxylamine groups is 1. The number of nitrogens with two attached hydrogens (primary N) is 1. The fraction of sp³-hybridized carbons (Fsp3) is 0.870. The number of nitrogens with one attached hydrogen (secondary N) is 1. The second-order valence-electron chi connectivity index (χ2n) is 10.2. The van der Waals surface area contributed by atoms with E-state index in [4.69, 9.17) is 10.6 Å². The molecule has 1 unspecified atom stereocenters. The molecule has 0 aromatic rings. The van der Waals surface area contributed by atoms with Gasteiger partial charge < -0.3 is 10.8 Å². The monoisotopic (exact) mass is 390 g/mol. The summed E-state index contributed by atoms with van der Waals surface area (Å²) in [6.07, 6.45) is 7.43. The Balaban J connectivity index is 1.64. The third-order valence-electron chi connectivity index (χ3n) is 9.07. The summed E-state index contributed by atoms with van der Waals surface area (Å²) in [6.45, 7) is 7.81. The average molecular weight is 391 g/mol. The largest absolute Gasteiger partial charge is 0.392 e. The van der Waals surface area contributed by atoms with Crippen LogP contribution < -0.4 is 11.2 Å². The van der Waals surface area contributed by atoms with Crippen molar-refractivity contribution in [3.63, 3.8) is 0 Å². The number of allylic oxidation sites excluding steroid dienone is 1. The van der Waals surface area contributed by atoms with E-state index in [0.29, 0.717) is 36.7 Å². The van der Waals surface area contributed by atoms with Gasteiger partial charge in [0, 0.05) is 30.0 Å². The van der Waals surface area contributed by atoms with Gasteiger partial charge in [0.2, 0.25) is 0 Å². The Morgan fingerprint density at radius 2 is 2.00 bits per heavy atom. The molecule has 4 rings (SSSR count). The fourth-order valence-electron chi connectivity index (χ4n) is 7.75. The van der Waals surface area contributed by atoms with Crippen LogP contribution in [0.25, 0.3) is 0 Å². The topological polar surface area (TPSA) is 84.6 Å². The van der Waals surface area contributed by atoms with Crippen LogP contribution in [-0.2, 0) is 9.63 Å². The zero-order valence-corrected chi connectivity index (χ0v) is 17.8. The third kappa shape index (κ3) is 2.88. The molecular formula is C23H38N2O3. The molecule has 3 fully saturated rings. The maximum atomic E-state index is 12.6. The van der Waals surface area contributed by atoms with E-state index < -0.39 is 0 Å². The van der Waals surface area contributed by atoms with Crippen LogP contribution in [0.3, 0.4) is 0 Å². The number of Topliss-reactive ketones (excluding diaryl/α,β-unsaturated/α-hetero) is 1. The minimum absolute atomic E-state index is 0.111. The number of rotatable bonds is 5. The molecule has 0 aliphatic heterocycles. The molecule has 28 heavy (non-hydrogen) atoms. The lowest BCUT2D eigenvalue weighted by molar-refractivity contribution is -0.149. The zero-order chi connectivity index (χ0) is 20.1. The number of fused-ring (bicyclic) bond motifs is 5. The Morgan fingerprint density at radius 1 is 1.21 bits per heavy atom. The maximum absolute atomic E-state index is 12.6. The van der Waals surface area contributed by atoms with E-state index in [9.17, 15) is 9.90 Å². The Kier molecular flexibility index (Phi) is 5.39. The lowest BCUT2D eigenvalue weighted by Gasteiger charge is -2.61. The Bertz CT molecular complexity index is 662. The lowest BCUT2D eigenvalue weighted by Crippen LogP contribution is -2.58. The second kappa shape index (κ2) is 7.41. The summed E-state index contributed by atoms with van der Waals surface area (Å²) >= 11 is 0. The van der Waals surface area contributed by atoms with Gasteiger partial charge in [0.1, 0.15) is 5.78 Å². The Labute approximate surface area is 169 Å². The SMILES string of the molecule is CCC1=C(NOCCN)CC[C@@]2(C)C1[C@@H](O)C[C@@H]1[C@@H]2CC[C@]2(C)C(=O)CC[C@@H]12. The third-order valence-corrected chi connectivity index (χ3v) is 9.07. The summed E-state index contributed by atoms with van der Waals surface area (Å²) in [5, 5.41) is 11.4. The molecule has 0 aromatic heterocycles. The maximum Gasteiger partial charge on any atom is 0.139 e. The van der Waals surface area contributed by atoms with Crippen LogP contribution in [0.2, 0.25) is 0 Å². The minimum atomic E-state index is -0.328. The summed E-state index contributed by atoms with van der Waals surface area (Å²) < 4.78 is 0. The van der Waals surface area contributed by atoms with E-state index in [-0.39, 0.29) is 22.9 Å². The van der Waals surface area contributed by atoms with E-state index in [1.807, 2.05) is 0 Å². The zero-order valence-electron chi connectivity index (χ0n) is 17.8. The molecule has 0 heterocycles. The second-order valence-corrected chi connectivity index (χ2v) is 10.2. The molecule has 0 radical (unpaired) electrons. The minimum Gasteiger partial charge on any atom is -0.392 e. The first-order valence-corrected chi connectivity index (χ1v) is 11.4. The average Bonchev–Trinajstić information content (AvgIpc) is 2.97. The molecule has 4 aliphatic carbocycles. The van der Waals surface area contributed by atoms with Gasteiger partial charge in [0.25, 0.3) is 0 Å². The van der Waals surface area contributed by atoms with E-state index in [0.717, 1.165) is 57.1 Å². The van der Waals surface area contributed by atoms with Crippen molar-refractivity contribution in [3.8, 4) is 0 Å². The van der Waals surface area contributed by atoms with Crippen LogP contribution in [0.1, 0.15) is 72.1 Å². The van der Waals surface area contributed by atoms with Gasteiger partial charge in [0.15, 0.2) is 0 Å². The molecule has 158 valence electrons. The van der Waals surface area contributed by atoms with Crippen molar-refractivity contribution < 1.29 is 14.7 Å². The normalized spacial score (nSPS) is 45.5. The van der Waals surface area contributed by atoms with Crippen molar-refractivity contribution in [1.82, 2.24) is 5.48 Å². The Hall–Kier alpha value is -0.910. The first-order valence-electron chi connectivity index (χ1n) is 11.4. The Morgan fingerprint density at radius 3 is 2.71 bits per heavy atom. The highest BCUT2D eigenvalue weighted by Gasteiger charge is 2.62. The van der Waals surface area contributed by atoms with Gasteiger partial charge in [-0.2, -0.15) is 0 Å². The molecular weight excluding hydrogens is 352 g/mol. The summed E-state index contributed by atoms with van der Waals surface area (Å²) in [6, 6.07) is 0. The molecule has 0 spiro atoms. The molecule has 0 saturated heterocycles. The van der Waals surface area contributed by atoms with Crippen LogP contribution in [0.15, 0.2) is 11.3 Å². The van der Waals surface area contributed by atoms with Gasteiger partial charge in [-0.3, -0.25) is 15.1 Å². The van der Waals surface area contributed by atoms with Gasteiger partial charge in [-0.15, -0.1) is 0 Å². The highest BCUT2D eigenvalue weighted by Crippen LogP contribution is 2.66. The van der Waals surface area contributed by atoms with Gasteiger partial charge in [0.05, 0.1) is 12.7 Å². The van der Waals surface area contributed by atoms with Crippen molar-refractivity contribution in [1.29, 1.82) is 0 Å². The molecule has 5 nitrogen and oxygen atoms in total. The van der Waals surface area contributed by atoms with Crippen LogP contribution in [0.4, 0.5) is 0 Å². The summed E-state index contributed by atoms with van der Waals surface area (Å²) in [7, 11) is 0. The summed E-state index contributed by atoms with van der Waals surface area (Å²) in [5.41, 5.74) is 11.2. The molecule has 0 amide bonds. The quantitative estimate of drug-likeness (QED) is 0.495. The van der Waals surface area contributed by atoms with Crippen molar-refractivity contribution in [2.45, 2.75) is 78.2 Å². The highest BCUT2D eigenvalue weighted by molar-refractivity contribution is 5.87. The predicted octanol–water partition coefficient (Wildman–Crippen LogP) is 3.32. The number of aliphatic hydroxyl groups excluding tert-OH is 1. The molecule has 5 heteroatoms. The number of hydrogen-bond acceptors (Lipinski definition) is 5. The predicted molar refractivity (Wildman–Crippen MR) is 109 cm³/mol. The fourth-order valence-corrected chi connectivity index (χ4v) is 7.75. The molecule has 4 N–H and O–H groups in total. The van der Waals surface area contributed by atoms with E-state index in [2.05, 4.69) is 26.3 Å². The van der Waals surface area contributed by atoms with Crippen molar-refractivity contribution >= 4 is 5.78 Å². The van der Waals surface area contributed by atoms with E-state index >= 15 is 0 Å². The van der Waals surface area contributed by atoms with E-state index in [1.165, 1.54) is 5.57 Å². The smallest absolute Gasteiger partial charge is 0.139 e. The van der Waals surface area contributed by atoms with Crippen molar-refractivity contribution in [3.05, 3.63) is 11.3 Å². The van der Waals surface area contributed by atoms with Crippen LogP contribution in [0, 0.1) is 34.5 Å². The van der Waals surface area contributed by atoms with Crippen LogP contribution in [-0.4, -0.2) is 30.1 Å². The number of hydrogen-bond donors (Lipinski definition) is 3. The highest BCUT2D eigenvalue weighted by atomic mass is 16.6. The first kappa shape index (κ1) is 20.4. The number of aliphatic hydroxyl groups is 1. The molecule has 4 aliphatic rings. The van der Waals surface area contributed by atoms with Gasteiger partial charge in [-0.05, 0) is 73.7 Å². The molecule has 0 aromatic carbocycles. The molecule has 7 atom stereocenters. The van der Waals surface area contributed by atoms with Gasteiger partial charge in [-0.25, -0.2) is 0 Å². The van der Waals surface area contributed by atoms with Gasteiger partial charge in [-0.1, -0.05) is 20.8 Å². The summed E-state index contributed by atoms with van der Waals surface area (Å²) in [5.74, 6) is 2.23. The number of ketones is 1. The summed E-state index contributed by atoms with van der Waals surface area (Å²) in [4.78, 5) is 18.2. The van der Waals surface area contributed by atoms with Crippen LogP contribution in [0.5, 0.6) is 0 Å². The van der Waals surface area contributed by atoms with Crippen molar-refractivity contribution in [2.75, 3.05) is 13.2 Å². The lowest BCUT2D eigenvalue weighted by atomic mass is 9.44. The van der Waals surface area contributed by atoms with Crippen molar-refractivity contribution in [2.24, 2.45) is 40.2 Å². The standard InChI is InChI=1S/C23H38N2O3/c1-4-14-18(25-28-12-11-24)8-10-23(3)17-7-9-22(2)16(5-6-20(22)27)15(17)13-19(26)21(14)23/h15-17,19,21,25-26H,4-13,24H2,1-3H3/t15-,16-,17-,19-,21?,22-,23+/m0/s1. The van der Waals surface area contributed by atoms with Crippen LogP contribution >= 0.6 is 0 Å². The molecule has 3 saturated carbocycles. The molecule has 0 bridgehead atoms. The first-order chi connectivity index (χ1) is 13.4.